The van der Waals surface area contributed by atoms with E-state index in [-0.39, 0.29) is 0 Å². The lowest BCUT2D eigenvalue weighted by molar-refractivity contribution is 0.920. The van der Waals surface area contributed by atoms with Gasteiger partial charge >= 0.3 is 0 Å². The molecule has 0 saturated carbocycles. The predicted molar refractivity (Wildman–Crippen MR) is 66.3 cm³/mol. The average molecular weight is 222 g/mol. The van der Waals surface area contributed by atoms with Crippen LogP contribution in [0.2, 0.25) is 0 Å². The second-order valence-corrected chi connectivity index (χ2v) is 3.50. The summed E-state index contributed by atoms with van der Waals surface area (Å²) in [6, 6.07) is 10.1. The van der Waals surface area contributed by atoms with E-state index in [4.69, 9.17) is 18.1 Å². The van der Waals surface area contributed by atoms with Crippen LogP contribution in [0.4, 0.5) is 0 Å². The summed E-state index contributed by atoms with van der Waals surface area (Å²) in [6.07, 6.45) is 0.793. The molecule has 0 radical (unpaired) electrons. The van der Waals surface area contributed by atoms with Gasteiger partial charge in [-0.2, -0.15) is 5.10 Å². The largest absolute Gasteiger partial charge is 0.300 e. The second kappa shape index (κ2) is 6.10. The fourth-order valence-corrected chi connectivity index (χ4v) is 1.15. The third-order valence-electron chi connectivity index (χ3n) is 1.78. The first kappa shape index (κ1) is 11.6. The highest BCUT2D eigenvalue weighted by molar-refractivity contribution is 7.80. The highest BCUT2D eigenvalue weighted by Gasteiger charge is 1.95. The summed E-state index contributed by atoms with van der Waals surface area (Å²) in [6.45, 7) is 1.93. The number of hydrogen-bond acceptors (Lipinski definition) is 3. The standard InChI is InChI=1S/C10H14N4S/c1-8(13-14-10(15)12-11)7-9-5-3-2-4-6-9/h2-6H,7,11H2,1H3,(H2,12,14,15)/b13-8+. The van der Waals surface area contributed by atoms with Gasteiger partial charge in [-0.3, -0.25) is 10.9 Å². The zero-order valence-electron chi connectivity index (χ0n) is 8.53. The molecule has 0 fully saturated rings. The summed E-state index contributed by atoms with van der Waals surface area (Å²) in [5.74, 6) is 5.09. The number of thiocarbonyl (C=S) groups is 1. The molecular weight excluding hydrogens is 208 g/mol. The molecule has 0 saturated heterocycles. The Labute approximate surface area is 94.5 Å². The van der Waals surface area contributed by atoms with Crippen molar-refractivity contribution in [2.24, 2.45) is 10.9 Å². The number of hydrazine groups is 1. The average Bonchev–Trinajstić information content (AvgIpc) is 2.27. The van der Waals surface area contributed by atoms with Crippen LogP contribution in [-0.2, 0) is 6.42 Å². The van der Waals surface area contributed by atoms with Gasteiger partial charge in [0.1, 0.15) is 0 Å². The molecule has 0 heterocycles. The van der Waals surface area contributed by atoms with Crippen molar-refractivity contribution in [3.63, 3.8) is 0 Å². The topological polar surface area (TPSA) is 62.4 Å². The van der Waals surface area contributed by atoms with E-state index in [1.165, 1.54) is 5.56 Å². The molecule has 4 nitrogen and oxygen atoms in total. The Morgan fingerprint density at radius 2 is 2.07 bits per heavy atom. The molecule has 0 aromatic heterocycles. The van der Waals surface area contributed by atoms with Crippen molar-refractivity contribution in [2.75, 3.05) is 0 Å². The molecule has 1 aromatic carbocycles. The lowest BCUT2D eigenvalue weighted by Gasteiger charge is -2.03. The van der Waals surface area contributed by atoms with Crippen molar-refractivity contribution in [1.82, 2.24) is 10.9 Å². The third kappa shape index (κ3) is 4.53. The maximum atomic E-state index is 5.09. The van der Waals surface area contributed by atoms with Crippen LogP contribution in [0.1, 0.15) is 12.5 Å². The summed E-state index contributed by atoms with van der Waals surface area (Å²) < 4.78 is 0. The van der Waals surface area contributed by atoms with Crippen LogP contribution in [0.15, 0.2) is 35.4 Å². The Morgan fingerprint density at radius 3 is 2.67 bits per heavy atom. The van der Waals surface area contributed by atoms with Crippen molar-refractivity contribution < 1.29 is 0 Å². The van der Waals surface area contributed by atoms with Gasteiger partial charge in [-0.05, 0) is 24.7 Å². The van der Waals surface area contributed by atoms with Gasteiger partial charge in [0.05, 0.1) is 0 Å². The van der Waals surface area contributed by atoms with E-state index in [1.807, 2.05) is 25.1 Å². The molecule has 15 heavy (non-hydrogen) atoms. The van der Waals surface area contributed by atoms with E-state index in [0.717, 1.165) is 12.1 Å². The zero-order valence-corrected chi connectivity index (χ0v) is 9.34. The minimum atomic E-state index is 0.308. The van der Waals surface area contributed by atoms with Gasteiger partial charge in [0.15, 0.2) is 0 Å². The quantitative estimate of drug-likeness (QED) is 0.308. The first-order valence-corrected chi connectivity index (χ1v) is 4.97. The van der Waals surface area contributed by atoms with Crippen molar-refractivity contribution >= 4 is 23.0 Å². The predicted octanol–water partition coefficient (Wildman–Crippen LogP) is 0.943. The molecule has 0 unspecified atom stereocenters. The lowest BCUT2D eigenvalue weighted by atomic mass is 10.1. The lowest BCUT2D eigenvalue weighted by Crippen LogP contribution is -2.37. The number of hydrazone groups is 1. The maximum absolute atomic E-state index is 5.09. The molecule has 5 heteroatoms. The molecule has 0 bridgehead atoms. The van der Waals surface area contributed by atoms with Crippen LogP contribution in [0.5, 0.6) is 0 Å². The monoisotopic (exact) mass is 222 g/mol. The Bertz CT molecular complexity index is 348. The van der Waals surface area contributed by atoms with Crippen LogP contribution in [0, 0.1) is 0 Å². The zero-order chi connectivity index (χ0) is 11.1. The first-order valence-electron chi connectivity index (χ1n) is 4.56. The Kier molecular flexibility index (Phi) is 4.73. The molecule has 80 valence electrons. The molecule has 0 aliphatic carbocycles. The van der Waals surface area contributed by atoms with Crippen LogP contribution < -0.4 is 16.7 Å². The van der Waals surface area contributed by atoms with E-state index in [1.54, 1.807) is 0 Å². The van der Waals surface area contributed by atoms with Crippen LogP contribution >= 0.6 is 12.2 Å². The molecule has 4 N–H and O–H groups in total. The number of hydrogen-bond donors (Lipinski definition) is 3. The minimum Gasteiger partial charge on any atom is -0.300 e. The summed E-state index contributed by atoms with van der Waals surface area (Å²) in [7, 11) is 0. The number of rotatable bonds is 3. The van der Waals surface area contributed by atoms with E-state index < -0.39 is 0 Å². The van der Waals surface area contributed by atoms with E-state index in [9.17, 15) is 0 Å². The molecule has 0 aliphatic heterocycles. The second-order valence-electron chi connectivity index (χ2n) is 3.09. The number of benzene rings is 1. The Hall–Kier alpha value is -1.46. The van der Waals surface area contributed by atoms with Gasteiger partial charge in [-0.1, -0.05) is 30.3 Å². The molecule has 1 aromatic rings. The summed E-state index contributed by atoms with van der Waals surface area (Å²) >= 11 is 4.78. The van der Waals surface area contributed by atoms with Gasteiger partial charge < -0.3 is 0 Å². The van der Waals surface area contributed by atoms with E-state index >= 15 is 0 Å². The Balaban J connectivity index is 2.48. The number of nitrogens with zero attached hydrogens (tertiary/aromatic N) is 1. The number of nitrogens with one attached hydrogen (secondary N) is 2. The third-order valence-corrected chi connectivity index (χ3v) is 1.99. The van der Waals surface area contributed by atoms with Gasteiger partial charge in [-0.15, -0.1) is 0 Å². The summed E-state index contributed by atoms with van der Waals surface area (Å²) in [5, 5.41) is 4.38. The van der Waals surface area contributed by atoms with Crippen molar-refractivity contribution in [3.05, 3.63) is 35.9 Å². The molecular formula is C10H14N4S. The van der Waals surface area contributed by atoms with E-state index in [0.29, 0.717) is 5.11 Å². The summed E-state index contributed by atoms with van der Waals surface area (Å²) in [5.41, 5.74) is 7.09. The maximum Gasteiger partial charge on any atom is 0.201 e. The van der Waals surface area contributed by atoms with Crippen LogP contribution in [0.25, 0.3) is 0 Å². The molecule has 0 aliphatic rings. The normalized spacial score (nSPS) is 10.9. The van der Waals surface area contributed by atoms with Crippen molar-refractivity contribution in [3.8, 4) is 0 Å². The van der Waals surface area contributed by atoms with Crippen molar-refractivity contribution in [2.45, 2.75) is 13.3 Å². The van der Waals surface area contributed by atoms with Gasteiger partial charge in [-0.25, -0.2) is 5.84 Å². The minimum absolute atomic E-state index is 0.308. The van der Waals surface area contributed by atoms with Gasteiger partial charge in [0.2, 0.25) is 5.11 Å². The molecule has 1 rings (SSSR count). The van der Waals surface area contributed by atoms with Crippen LogP contribution in [0.3, 0.4) is 0 Å². The number of nitrogens with two attached hydrogens (primary N) is 1. The SMILES string of the molecule is C/C(Cc1ccccc1)=N\NC(=S)NN. The summed E-state index contributed by atoms with van der Waals surface area (Å²) in [4.78, 5) is 0. The van der Waals surface area contributed by atoms with Crippen LogP contribution in [-0.4, -0.2) is 10.8 Å². The Morgan fingerprint density at radius 1 is 1.40 bits per heavy atom. The fraction of sp³-hybridized carbons (Fsp3) is 0.200. The molecule has 0 spiro atoms. The smallest absolute Gasteiger partial charge is 0.201 e. The fourth-order valence-electron chi connectivity index (χ4n) is 1.11. The molecule has 0 amide bonds. The van der Waals surface area contributed by atoms with Gasteiger partial charge in [0.25, 0.3) is 0 Å². The van der Waals surface area contributed by atoms with Crippen molar-refractivity contribution in [1.29, 1.82) is 0 Å². The molecule has 0 atom stereocenters. The first-order chi connectivity index (χ1) is 7.22. The van der Waals surface area contributed by atoms with E-state index in [2.05, 4.69) is 28.1 Å². The highest BCUT2D eigenvalue weighted by atomic mass is 32.1. The van der Waals surface area contributed by atoms with Gasteiger partial charge in [0, 0.05) is 12.1 Å². The highest BCUT2D eigenvalue weighted by Crippen LogP contribution is 2.00.